The summed E-state index contributed by atoms with van der Waals surface area (Å²) in [6.07, 6.45) is -13.2. The number of carbonyl (C=O) groups excluding carboxylic acids is 7. The van der Waals surface area contributed by atoms with E-state index in [9.17, 15) is 33.6 Å². The van der Waals surface area contributed by atoms with Crippen molar-refractivity contribution in [3.05, 3.63) is 0 Å². The maximum atomic E-state index is 12.3. The number of ether oxygens (including phenoxy) is 10. The molecule has 46 heavy (non-hydrogen) atoms. The van der Waals surface area contributed by atoms with Gasteiger partial charge in [0, 0.05) is 48.5 Å². The predicted molar refractivity (Wildman–Crippen MR) is 155 cm³/mol. The molecule has 260 valence electrons. The minimum Gasteiger partial charge on any atom is -0.463 e. The van der Waals surface area contributed by atoms with Gasteiger partial charge in [-0.3, -0.25) is 33.6 Å². The lowest BCUT2D eigenvalue weighted by molar-refractivity contribution is -0.341. The predicted octanol–water partition coefficient (Wildman–Crippen LogP) is 0.692. The lowest BCUT2D eigenvalue weighted by atomic mass is 9.96. The van der Waals surface area contributed by atoms with Crippen molar-refractivity contribution in [3.8, 4) is 0 Å². The monoisotopic (exact) mass is 744 g/mol. The van der Waals surface area contributed by atoms with Crippen molar-refractivity contribution in [2.45, 2.75) is 109 Å². The van der Waals surface area contributed by atoms with Gasteiger partial charge in [0.05, 0.1) is 4.66 Å². The summed E-state index contributed by atoms with van der Waals surface area (Å²) in [4.78, 5) is 84.5. The molecule has 0 aliphatic carbocycles. The summed E-state index contributed by atoms with van der Waals surface area (Å²) >= 11 is 4.40. The van der Waals surface area contributed by atoms with Crippen molar-refractivity contribution < 1.29 is 80.9 Å². The summed E-state index contributed by atoms with van der Waals surface area (Å²) in [5, 5.41) is 0. The highest BCUT2D eigenvalue weighted by molar-refractivity contribution is 9.11. The van der Waals surface area contributed by atoms with E-state index < -0.39 is 116 Å². The summed E-state index contributed by atoms with van der Waals surface area (Å²) in [6.45, 7) is 6.65. The van der Waals surface area contributed by atoms with Gasteiger partial charge in [-0.25, -0.2) is 0 Å². The Kier molecular flexibility index (Phi) is 15.6. The smallest absolute Gasteiger partial charge is 0.303 e. The fraction of sp³-hybridized carbons (Fsp3) is 0.741. The zero-order valence-corrected chi connectivity index (χ0v) is 28.5. The SMILES string of the molecule is CC(=O)OC[C@H]1O[C@@H](O[C@H]2[C@H](OC(C)=O)[C@@H](OC(C)=O)[C@H](SCBr)O[C@@H]2COC(C)=O)[C@H](OC(C)=O)[C@@H](OC(C)=O)[C@H]1OC(C)=O. The second kappa shape index (κ2) is 18.4. The number of thioether (sulfide) groups is 1. The van der Waals surface area contributed by atoms with E-state index in [-0.39, 0.29) is 4.66 Å². The van der Waals surface area contributed by atoms with Crippen LogP contribution >= 0.6 is 27.7 Å². The summed E-state index contributed by atoms with van der Waals surface area (Å²) in [7, 11) is 0. The van der Waals surface area contributed by atoms with Crippen LogP contribution in [0.4, 0.5) is 0 Å². The molecule has 0 aromatic rings. The fourth-order valence-electron chi connectivity index (χ4n) is 4.67. The summed E-state index contributed by atoms with van der Waals surface area (Å²) in [5.74, 6) is -5.59. The number of halogens is 1. The van der Waals surface area contributed by atoms with Crippen molar-refractivity contribution in [2.75, 3.05) is 17.9 Å². The lowest BCUT2D eigenvalue weighted by Gasteiger charge is -2.48. The Bertz CT molecular complexity index is 1130. The quantitative estimate of drug-likeness (QED) is 0.144. The zero-order valence-electron chi connectivity index (χ0n) is 26.1. The van der Waals surface area contributed by atoms with Crippen LogP contribution in [0.2, 0.25) is 0 Å². The van der Waals surface area contributed by atoms with Crippen molar-refractivity contribution in [2.24, 2.45) is 0 Å². The Labute approximate surface area is 276 Å². The van der Waals surface area contributed by atoms with Gasteiger partial charge in [0.25, 0.3) is 0 Å². The molecule has 2 saturated heterocycles. The summed E-state index contributed by atoms with van der Waals surface area (Å²) in [6, 6.07) is 0. The highest BCUT2D eigenvalue weighted by atomic mass is 79.9. The molecule has 0 spiro atoms. The van der Waals surface area contributed by atoms with Gasteiger partial charge in [0.1, 0.15) is 37.0 Å². The first kappa shape index (κ1) is 39.2. The maximum absolute atomic E-state index is 12.3. The van der Waals surface area contributed by atoms with E-state index in [1.165, 1.54) is 0 Å². The van der Waals surface area contributed by atoms with Gasteiger partial charge in [-0.1, -0.05) is 15.9 Å². The van der Waals surface area contributed by atoms with E-state index in [2.05, 4.69) is 15.9 Å². The van der Waals surface area contributed by atoms with E-state index in [1.54, 1.807) is 0 Å². The summed E-state index contributed by atoms with van der Waals surface area (Å²) < 4.78 is 56.3. The number of hydrogen-bond donors (Lipinski definition) is 0. The third kappa shape index (κ3) is 12.0. The Hall–Kier alpha value is -3.00. The fourth-order valence-corrected chi connectivity index (χ4v) is 6.20. The number of esters is 7. The Morgan fingerprint density at radius 2 is 0.913 bits per heavy atom. The molecule has 0 saturated carbocycles. The van der Waals surface area contributed by atoms with E-state index in [1.807, 2.05) is 0 Å². The summed E-state index contributed by atoms with van der Waals surface area (Å²) in [5.41, 5.74) is -0.969. The third-order valence-corrected chi connectivity index (χ3v) is 7.74. The molecule has 10 atom stereocenters. The molecule has 17 nitrogen and oxygen atoms in total. The Morgan fingerprint density at radius 1 is 0.522 bits per heavy atom. The molecule has 0 N–H and O–H groups in total. The second-order valence-electron chi connectivity index (χ2n) is 9.94. The van der Waals surface area contributed by atoms with Crippen LogP contribution in [-0.4, -0.2) is 120 Å². The molecule has 0 unspecified atom stereocenters. The number of alkyl halides is 1. The van der Waals surface area contributed by atoms with Gasteiger partial charge in [-0.05, 0) is 0 Å². The molecule has 0 amide bonds. The van der Waals surface area contributed by atoms with E-state index in [4.69, 9.17) is 47.4 Å². The average molecular weight is 746 g/mol. The number of hydrogen-bond acceptors (Lipinski definition) is 18. The minimum atomic E-state index is -1.73. The molecule has 2 rings (SSSR count). The first-order valence-electron chi connectivity index (χ1n) is 13.8. The maximum Gasteiger partial charge on any atom is 0.303 e. The number of rotatable bonds is 13. The molecule has 0 aromatic heterocycles. The van der Waals surface area contributed by atoms with E-state index >= 15 is 0 Å². The highest BCUT2D eigenvalue weighted by Crippen LogP contribution is 2.38. The Morgan fingerprint density at radius 3 is 1.35 bits per heavy atom. The standard InChI is InChI=1S/C27H37BrO17S/c1-11(29)36-8-18-20(38-13(3)31)22(39-14(4)32)24(41-16(6)34)26(43-18)45-21-19(9-37-12(2)30)44-27(46-10-28)25(42-17(7)35)23(21)40-15(5)33/h18-27H,8-10H2,1-7H3/t18-,19-,20+,21-,22+,23+,24-,25-,26+,27+/m1/s1. The van der Waals surface area contributed by atoms with Gasteiger partial charge in [0.2, 0.25) is 0 Å². The molecule has 2 heterocycles. The van der Waals surface area contributed by atoms with Crippen molar-refractivity contribution in [3.63, 3.8) is 0 Å². The molecule has 2 fully saturated rings. The lowest BCUT2D eigenvalue weighted by Crippen LogP contribution is -2.66. The zero-order chi connectivity index (χ0) is 34.7. The average Bonchev–Trinajstić information content (AvgIpc) is 2.91. The molecular formula is C27H37BrO17S. The van der Waals surface area contributed by atoms with Crippen molar-refractivity contribution >= 4 is 69.5 Å². The molecule has 0 bridgehead atoms. The molecule has 2 aliphatic rings. The first-order valence-corrected chi connectivity index (χ1v) is 16.0. The molecular weight excluding hydrogens is 708 g/mol. The Balaban J connectivity index is 2.70. The van der Waals surface area contributed by atoms with Gasteiger partial charge in [-0.15, -0.1) is 11.8 Å². The van der Waals surface area contributed by atoms with Gasteiger partial charge in [-0.2, -0.15) is 0 Å². The molecule has 2 aliphatic heterocycles. The van der Waals surface area contributed by atoms with Crippen LogP contribution in [0.1, 0.15) is 48.5 Å². The van der Waals surface area contributed by atoms with Crippen LogP contribution in [-0.2, 0) is 80.9 Å². The van der Waals surface area contributed by atoms with Crippen LogP contribution in [0.5, 0.6) is 0 Å². The van der Waals surface area contributed by atoms with E-state index in [0.29, 0.717) is 0 Å². The van der Waals surface area contributed by atoms with Crippen LogP contribution < -0.4 is 0 Å². The van der Waals surface area contributed by atoms with Crippen LogP contribution in [0.25, 0.3) is 0 Å². The topological polar surface area (TPSA) is 212 Å². The normalized spacial score (nSPS) is 30.6. The van der Waals surface area contributed by atoms with Gasteiger partial charge >= 0.3 is 41.8 Å². The van der Waals surface area contributed by atoms with Gasteiger partial charge < -0.3 is 47.4 Å². The van der Waals surface area contributed by atoms with Crippen LogP contribution in [0.3, 0.4) is 0 Å². The number of carbonyl (C=O) groups is 7. The van der Waals surface area contributed by atoms with E-state index in [0.717, 1.165) is 60.2 Å². The largest absolute Gasteiger partial charge is 0.463 e. The van der Waals surface area contributed by atoms with Crippen LogP contribution in [0, 0.1) is 0 Å². The third-order valence-electron chi connectivity index (χ3n) is 6.11. The first-order chi connectivity index (χ1) is 21.5. The molecule has 19 heteroatoms. The van der Waals surface area contributed by atoms with Crippen LogP contribution in [0.15, 0.2) is 0 Å². The van der Waals surface area contributed by atoms with Crippen molar-refractivity contribution in [1.82, 2.24) is 0 Å². The molecule has 0 radical (unpaired) electrons. The minimum absolute atomic E-state index is 0.285. The van der Waals surface area contributed by atoms with Crippen molar-refractivity contribution in [1.29, 1.82) is 0 Å². The van der Waals surface area contributed by atoms with Gasteiger partial charge in [0.15, 0.2) is 36.8 Å². The molecule has 0 aromatic carbocycles. The highest BCUT2D eigenvalue weighted by Gasteiger charge is 2.57. The second-order valence-corrected chi connectivity index (χ2v) is 12.3.